The summed E-state index contributed by atoms with van der Waals surface area (Å²) in [4.78, 5) is 21.1. The molecule has 0 radical (unpaired) electrons. The van der Waals surface area contributed by atoms with E-state index >= 15 is 0 Å². The lowest BCUT2D eigenvalue weighted by atomic mass is 10.1. The largest absolute Gasteiger partial charge is 0.385 e. The number of hydrogen-bond acceptors (Lipinski definition) is 6. The van der Waals surface area contributed by atoms with E-state index in [0.717, 1.165) is 9.15 Å². The molecule has 0 spiro atoms. The number of rotatable bonds is 9. The minimum absolute atomic E-state index is 0.102. The third-order valence-electron chi connectivity index (χ3n) is 4.00. The number of aromatic nitrogens is 3. The van der Waals surface area contributed by atoms with Crippen LogP contribution in [0.5, 0.6) is 0 Å². The zero-order valence-corrected chi connectivity index (χ0v) is 18.1. The molecule has 1 aromatic carbocycles. The predicted octanol–water partition coefficient (Wildman–Crippen LogP) is 1.25. The molecule has 10 heteroatoms. The van der Waals surface area contributed by atoms with Gasteiger partial charge in [-0.3, -0.25) is 4.79 Å². The van der Waals surface area contributed by atoms with Gasteiger partial charge in [0.05, 0.1) is 4.90 Å². The molecule has 0 fully saturated rings. The summed E-state index contributed by atoms with van der Waals surface area (Å²) < 4.78 is 25.8. The van der Waals surface area contributed by atoms with Crippen LogP contribution in [0.15, 0.2) is 23.1 Å². The van der Waals surface area contributed by atoms with Gasteiger partial charge in [0.15, 0.2) is 6.61 Å². The Morgan fingerprint density at radius 1 is 1.14 bits per heavy atom. The number of sulfonamides is 1. The van der Waals surface area contributed by atoms with E-state index in [1.54, 1.807) is 11.0 Å². The maximum Gasteiger partial charge on any atom is 0.263 e. The first kappa shape index (κ1) is 22.1. The van der Waals surface area contributed by atoms with Crippen molar-refractivity contribution in [1.29, 1.82) is 0 Å². The monoisotopic (exact) mass is 411 g/mol. The molecule has 28 heavy (non-hydrogen) atoms. The van der Waals surface area contributed by atoms with Crippen LogP contribution in [-0.2, 0) is 14.8 Å². The predicted molar refractivity (Wildman–Crippen MR) is 106 cm³/mol. The molecule has 1 heterocycles. The maximum absolute atomic E-state index is 12.6. The SMILES string of the molecule is CC(C)CN(CC(C)C)C(=O)COn1nnc2ccc(S(=O)(=O)N(C)C)cc21. The first-order chi connectivity index (χ1) is 13.0. The second-order valence-electron chi connectivity index (χ2n) is 7.76. The minimum Gasteiger partial charge on any atom is -0.385 e. The van der Waals surface area contributed by atoms with E-state index in [1.165, 1.54) is 26.2 Å². The standard InChI is InChI=1S/C18H29N5O4S/c1-13(2)10-22(11-14(3)4)18(24)12-27-23-17-9-15(28(25,26)21(5)6)7-8-16(17)19-20-23/h7-9,13-14H,10-12H2,1-6H3. The highest BCUT2D eigenvalue weighted by atomic mass is 32.2. The summed E-state index contributed by atoms with van der Waals surface area (Å²) in [7, 11) is -0.680. The van der Waals surface area contributed by atoms with Crippen LogP contribution in [0.3, 0.4) is 0 Å². The molecule has 2 aromatic rings. The lowest BCUT2D eigenvalue weighted by molar-refractivity contribution is -0.137. The summed E-state index contributed by atoms with van der Waals surface area (Å²) in [6.07, 6.45) is 0. The maximum atomic E-state index is 12.6. The Kier molecular flexibility index (Phi) is 7.00. The molecule has 0 aliphatic heterocycles. The Bertz CT molecular complexity index is 911. The van der Waals surface area contributed by atoms with Crippen molar-refractivity contribution < 1.29 is 18.0 Å². The fraction of sp³-hybridized carbons (Fsp3) is 0.611. The van der Waals surface area contributed by atoms with Gasteiger partial charge in [0, 0.05) is 27.2 Å². The zero-order chi connectivity index (χ0) is 21.1. The average Bonchev–Trinajstić information content (AvgIpc) is 3.00. The van der Waals surface area contributed by atoms with Gasteiger partial charge in [-0.25, -0.2) is 12.7 Å². The van der Waals surface area contributed by atoms with Gasteiger partial charge in [-0.05, 0) is 35.2 Å². The molecular formula is C18H29N5O4S. The first-order valence-electron chi connectivity index (χ1n) is 9.21. The second-order valence-corrected chi connectivity index (χ2v) is 9.91. The van der Waals surface area contributed by atoms with Crippen LogP contribution in [0.1, 0.15) is 27.7 Å². The topological polar surface area (TPSA) is 97.6 Å². The van der Waals surface area contributed by atoms with E-state index in [9.17, 15) is 13.2 Å². The van der Waals surface area contributed by atoms with Gasteiger partial charge in [-0.1, -0.05) is 32.5 Å². The number of fused-ring (bicyclic) bond motifs is 1. The van der Waals surface area contributed by atoms with Crippen LogP contribution < -0.4 is 4.84 Å². The Hall–Kier alpha value is -2.20. The Morgan fingerprint density at radius 3 is 2.29 bits per heavy atom. The minimum atomic E-state index is -3.60. The van der Waals surface area contributed by atoms with Crippen molar-refractivity contribution in [2.75, 3.05) is 33.8 Å². The molecule has 0 saturated heterocycles. The number of carbonyl (C=O) groups excluding carboxylic acids is 1. The Morgan fingerprint density at radius 2 is 1.75 bits per heavy atom. The van der Waals surface area contributed by atoms with E-state index < -0.39 is 10.0 Å². The van der Waals surface area contributed by atoms with Crippen molar-refractivity contribution in [3.05, 3.63) is 18.2 Å². The van der Waals surface area contributed by atoms with E-state index in [1.807, 2.05) is 0 Å². The highest BCUT2D eigenvalue weighted by Gasteiger charge is 2.21. The van der Waals surface area contributed by atoms with Crippen molar-refractivity contribution in [2.45, 2.75) is 32.6 Å². The normalized spacial score (nSPS) is 12.3. The summed E-state index contributed by atoms with van der Waals surface area (Å²) in [5.74, 6) is 0.533. The molecule has 9 nitrogen and oxygen atoms in total. The van der Waals surface area contributed by atoms with Crippen molar-refractivity contribution in [3.8, 4) is 0 Å². The Labute approximate surface area is 166 Å². The molecule has 0 N–H and O–H groups in total. The first-order valence-corrected chi connectivity index (χ1v) is 10.7. The summed E-state index contributed by atoms with van der Waals surface area (Å²) in [6.45, 7) is 9.30. The number of benzene rings is 1. The molecule has 0 atom stereocenters. The van der Waals surface area contributed by atoms with Gasteiger partial charge in [-0.15, -0.1) is 5.10 Å². The van der Waals surface area contributed by atoms with Gasteiger partial charge in [0.1, 0.15) is 11.0 Å². The molecule has 2 rings (SSSR count). The third kappa shape index (κ3) is 5.20. The molecule has 0 saturated carbocycles. The summed E-state index contributed by atoms with van der Waals surface area (Å²) in [6, 6.07) is 4.47. The summed E-state index contributed by atoms with van der Waals surface area (Å²) in [5.41, 5.74) is 0.862. The van der Waals surface area contributed by atoms with Crippen LogP contribution in [0, 0.1) is 11.8 Å². The lowest BCUT2D eigenvalue weighted by Crippen LogP contribution is -2.41. The summed E-state index contributed by atoms with van der Waals surface area (Å²) in [5, 5.41) is 7.84. The van der Waals surface area contributed by atoms with Crippen LogP contribution >= 0.6 is 0 Å². The fourth-order valence-corrected chi connectivity index (χ4v) is 3.63. The zero-order valence-electron chi connectivity index (χ0n) is 17.3. The molecular weight excluding hydrogens is 382 g/mol. The average molecular weight is 412 g/mol. The van der Waals surface area contributed by atoms with Crippen LogP contribution in [-0.4, -0.2) is 72.5 Å². The van der Waals surface area contributed by atoms with Gasteiger partial charge < -0.3 is 9.74 Å². The van der Waals surface area contributed by atoms with E-state index in [4.69, 9.17) is 4.84 Å². The van der Waals surface area contributed by atoms with Crippen molar-refractivity contribution in [2.24, 2.45) is 11.8 Å². The van der Waals surface area contributed by atoms with Crippen molar-refractivity contribution in [1.82, 2.24) is 24.4 Å². The smallest absolute Gasteiger partial charge is 0.263 e. The lowest BCUT2D eigenvalue weighted by Gasteiger charge is -2.26. The number of carbonyl (C=O) groups is 1. The highest BCUT2D eigenvalue weighted by Crippen LogP contribution is 2.19. The Balaban J connectivity index is 2.20. The quantitative estimate of drug-likeness (QED) is 0.616. The number of amides is 1. The van der Waals surface area contributed by atoms with E-state index in [2.05, 4.69) is 38.0 Å². The van der Waals surface area contributed by atoms with Crippen molar-refractivity contribution >= 4 is 27.0 Å². The summed E-state index contributed by atoms with van der Waals surface area (Å²) >= 11 is 0. The molecule has 0 aliphatic carbocycles. The molecule has 156 valence electrons. The van der Waals surface area contributed by atoms with Crippen LogP contribution in [0.25, 0.3) is 11.0 Å². The molecule has 0 aliphatic rings. The van der Waals surface area contributed by atoms with Crippen molar-refractivity contribution in [3.63, 3.8) is 0 Å². The number of hydrogen-bond donors (Lipinski definition) is 0. The fourth-order valence-electron chi connectivity index (χ4n) is 2.71. The van der Waals surface area contributed by atoms with Crippen LogP contribution in [0.4, 0.5) is 0 Å². The van der Waals surface area contributed by atoms with Gasteiger partial charge in [-0.2, -0.15) is 0 Å². The highest BCUT2D eigenvalue weighted by molar-refractivity contribution is 7.89. The molecule has 0 unspecified atom stereocenters. The van der Waals surface area contributed by atoms with E-state index in [-0.39, 0.29) is 17.4 Å². The third-order valence-corrected chi connectivity index (χ3v) is 5.81. The van der Waals surface area contributed by atoms with E-state index in [0.29, 0.717) is 36.0 Å². The van der Waals surface area contributed by atoms with Crippen LogP contribution in [0.2, 0.25) is 0 Å². The molecule has 1 aromatic heterocycles. The molecule has 1 amide bonds. The second kappa shape index (κ2) is 8.87. The number of nitrogens with zero attached hydrogens (tertiary/aromatic N) is 5. The van der Waals surface area contributed by atoms with Gasteiger partial charge >= 0.3 is 0 Å². The molecule has 0 bridgehead atoms. The van der Waals surface area contributed by atoms with Gasteiger partial charge in [0.2, 0.25) is 10.0 Å². The van der Waals surface area contributed by atoms with Gasteiger partial charge in [0.25, 0.3) is 5.91 Å².